The molecule has 1 aliphatic rings. The third kappa shape index (κ3) is 5.65. The van der Waals surface area contributed by atoms with Gasteiger partial charge in [-0.05, 0) is 13.0 Å². The second kappa shape index (κ2) is 8.03. The lowest BCUT2D eigenvalue weighted by molar-refractivity contribution is -0.136. The summed E-state index contributed by atoms with van der Waals surface area (Å²) in [7, 11) is 0. The monoisotopic (exact) mass is 242 g/mol. The minimum absolute atomic E-state index is 0.00416. The summed E-state index contributed by atoms with van der Waals surface area (Å²) >= 11 is 0. The molecule has 0 aromatic heterocycles. The van der Waals surface area contributed by atoms with Crippen molar-refractivity contribution in [3.05, 3.63) is 0 Å². The molecule has 2 amide bonds. The fraction of sp³-hybridized carbons (Fsp3) is 0.818. The third-order valence-corrected chi connectivity index (χ3v) is 2.57. The fourth-order valence-corrected chi connectivity index (χ4v) is 1.63. The predicted octanol–water partition coefficient (Wildman–Crippen LogP) is -1.47. The number of nitrogens with zero attached hydrogens (tertiary/aromatic N) is 1. The van der Waals surface area contributed by atoms with Crippen LogP contribution < -0.4 is 16.0 Å². The van der Waals surface area contributed by atoms with Crippen LogP contribution in [0.5, 0.6) is 0 Å². The van der Waals surface area contributed by atoms with E-state index >= 15 is 0 Å². The summed E-state index contributed by atoms with van der Waals surface area (Å²) in [6, 6.07) is 0. The van der Waals surface area contributed by atoms with E-state index in [-0.39, 0.29) is 18.4 Å². The van der Waals surface area contributed by atoms with Crippen LogP contribution >= 0.6 is 0 Å². The van der Waals surface area contributed by atoms with Crippen LogP contribution in [-0.4, -0.2) is 62.5 Å². The highest BCUT2D eigenvalue weighted by molar-refractivity contribution is 5.86. The molecule has 6 heteroatoms. The highest BCUT2D eigenvalue weighted by atomic mass is 16.2. The van der Waals surface area contributed by atoms with Crippen LogP contribution in [0.1, 0.15) is 13.3 Å². The molecule has 1 fully saturated rings. The first-order valence-electron chi connectivity index (χ1n) is 6.20. The van der Waals surface area contributed by atoms with E-state index in [0.29, 0.717) is 19.6 Å². The van der Waals surface area contributed by atoms with Crippen molar-refractivity contribution in [3.63, 3.8) is 0 Å². The number of hydrogen-bond acceptors (Lipinski definition) is 4. The predicted molar refractivity (Wildman–Crippen MR) is 65.6 cm³/mol. The van der Waals surface area contributed by atoms with Gasteiger partial charge < -0.3 is 20.9 Å². The lowest BCUT2D eigenvalue weighted by Crippen LogP contribution is -2.51. The molecule has 6 nitrogen and oxygen atoms in total. The Bertz CT molecular complexity index is 258. The number of carbonyl (C=O) groups excluding carboxylic acids is 2. The van der Waals surface area contributed by atoms with E-state index < -0.39 is 0 Å². The van der Waals surface area contributed by atoms with Gasteiger partial charge in [0.25, 0.3) is 0 Å². The van der Waals surface area contributed by atoms with Crippen molar-refractivity contribution in [2.24, 2.45) is 0 Å². The van der Waals surface area contributed by atoms with Gasteiger partial charge in [-0.2, -0.15) is 0 Å². The summed E-state index contributed by atoms with van der Waals surface area (Å²) in [6.45, 7) is 6.33. The molecule has 0 bridgehead atoms. The van der Waals surface area contributed by atoms with Crippen LogP contribution in [0.2, 0.25) is 0 Å². The molecule has 0 atom stereocenters. The van der Waals surface area contributed by atoms with Crippen molar-refractivity contribution in [1.29, 1.82) is 0 Å². The van der Waals surface area contributed by atoms with Gasteiger partial charge in [0.2, 0.25) is 11.8 Å². The smallest absolute Gasteiger partial charge is 0.239 e. The van der Waals surface area contributed by atoms with E-state index in [4.69, 9.17) is 0 Å². The zero-order chi connectivity index (χ0) is 12.5. The maximum atomic E-state index is 11.5. The lowest BCUT2D eigenvalue weighted by Gasteiger charge is -2.26. The maximum absolute atomic E-state index is 11.5. The first-order valence-corrected chi connectivity index (χ1v) is 6.20. The normalized spacial score (nSPS) is 16.1. The number of nitrogens with one attached hydrogen (secondary N) is 3. The van der Waals surface area contributed by atoms with Gasteiger partial charge in [0.05, 0.1) is 13.1 Å². The quantitative estimate of drug-likeness (QED) is 0.477. The van der Waals surface area contributed by atoms with E-state index in [9.17, 15) is 9.59 Å². The molecule has 0 aliphatic carbocycles. The third-order valence-electron chi connectivity index (χ3n) is 2.57. The molecule has 0 spiro atoms. The average Bonchev–Trinajstić information content (AvgIpc) is 2.32. The first-order chi connectivity index (χ1) is 8.24. The number of hydrogen-bond donors (Lipinski definition) is 3. The van der Waals surface area contributed by atoms with Gasteiger partial charge in [0.1, 0.15) is 0 Å². The lowest BCUT2D eigenvalue weighted by atomic mass is 10.3. The Labute approximate surface area is 102 Å². The Balaban J connectivity index is 2.09. The molecule has 0 unspecified atom stereocenters. The van der Waals surface area contributed by atoms with Gasteiger partial charge in [-0.15, -0.1) is 0 Å². The molecule has 0 aromatic carbocycles. The summed E-state index contributed by atoms with van der Waals surface area (Å²) in [5.41, 5.74) is 0. The van der Waals surface area contributed by atoms with E-state index in [2.05, 4.69) is 22.9 Å². The molecule has 1 saturated heterocycles. The molecule has 0 aromatic rings. The van der Waals surface area contributed by atoms with E-state index in [0.717, 1.165) is 26.1 Å². The summed E-state index contributed by atoms with van der Waals surface area (Å²) in [4.78, 5) is 24.5. The standard InChI is InChI=1S/C11H22N4O2/c1-2-3-12-4-5-14-10(16)9-15-7-6-13-8-11(15)17/h12-13H,2-9H2,1H3,(H,14,16). The van der Waals surface area contributed by atoms with Crippen molar-refractivity contribution < 1.29 is 9.59 Å². The molecule has 1 heterocycles. The van der Waals surface area contributed by atoms with Gasteiger partial charge in [0, 0.05) is 26.2 Å². The largest absolute Gasteiger partial charge is 0.353 e. The average molecular weight is 242 g/mol. The van der Waals surface area contributed by atoms with Gasteiger partial charge in [-0.25, -0.2) is 0 Å². The van der Waals surface area contributed by atoms with Crippen LogP contribution in [-0.2, 0) is 9.59 Å². The zero-order valence-corrected chi connectivity index (χ0v) is 10.4. The van der Waals surface area contributed by atoms with Crippen molar-refractivity contribution in [1.82, 2.24) is 20.9 Å². The van der Waals surface area contributed by atoms with E-state index in [1.165, 1.54) is 0 Å². The van der Waals surface area contributed by atoms with Crippen molar-refractivity contribution in [2.75, 3.05) is 45.8 Å². The maximum Gasteiger partial charge on any atom is 0.239 e. The molecule has 17 heavy (non-hydrogen) atoms. The topological polar surface area (TPSA) is 73.5 Å². The zero-order valence-electron chi connectivity index (χ0n) is 10.4. The summed E-state index contributed by atoms with van der Waals surface area (Å²) in [5, 5.41) is 8.96. The Hall–Kier alpha value is -1.14. The molecule has 1 aliphatic heterocycles. The number of amides is 2. The summed E-state index contributed by atoms with van der Waals surface area (Å²) in [6.07, 6.45) is 1.09. The molecule has 1 rings (SSSR count). The van der Waals surface area contributed by atoms with E-state index in [1.807, 2.05) is 0 Å². The molecule has 0 saturated carbocycles. The number of piperazine rings is 1. The van der Waals surface area contributed by atoms with Crippen LogP contribution in [0.4, 0.5) is 0 Å². The highest BCUT2D eigenvalue weighted by Gasteiger charge is 2.19. The minimum atomic E-state index is -0.0847. The fourth-order valence-electron chi connectivity index (χ4n) is 1.63. The number of carbonyl (C=O) groups is 2. The molecular formula is C11H22N4O2. The van der Waals surface area contributed by atoms with Gasteiger partial charge in [-0.3, -0.25) is 9.59 Å². The number of rotatable bonds is 7. The van der Waals surface area contributed by atoms with E-state index in [1.54, 1.807) is 4.90 Å². The van der Waals surface area contributed by atoms with Gasteiger partial charge in [-0.1, -0.05) is 6.92 Å². The minimum Gasteiger partial charge on any atom is -0.353 e. The summed E-state index contributed by atoms with van der Waals surface area (Å²) < 4.78 is 0. The molecule has 0 radical (unpaired) electrons. The Morgan fingerprint density at radius 3 is 2.94 bits per heavy atom. The summed E-state index contributed by atoms with van der Waals surface area (Å²) in [5.74, 6) is -0.0888. The second-order valence-electron chi connectivity index (χ2n) is 4.09. The molecular weight excluding hydrogens is 220 g/mol. The SMILES string of the molecule is CCCNCCNC(=O)CN1CCNCC1=O. The van der Waals surface area contributed by atoms with Crippen molar-refractivity contribution in [3.8, 4) is 0 Å². The Morgan fingerprint density at radius 2 is 2.24 bits per heavy atom. The van der Waals surface area contributed by atoms with Crippen LogP contribution in [0.25, 0.3) is 0 Å². The molecule has 98 valence electrons. The molecule has 3 N–H and O–H groups in total. The first kappa shape index (κ1) is 13.9. The highest BCUT2D eigenvalue weighted by Crippen LogP contribution is 1.93. The van der Waals surface area contributed by atoms with Crippen molar-refractivity contribution in [2.45, 2.75) is 13.3 Å². The van der Waals surface area contributed by atoms with Gasteiger partial charge >= 0.3 is 0 Å². The van der Waals surface area contributed by atoms with Crippen LogP contribution in [0, 0.1) is 0 Å². The van der Waals surface area contributed by atoms with Crippen molar-refractivity contribution >= 4 is 11.8 Å². The van der Waals surface area contributed by atoms with Crippen LogP contribution in [0.3, 0.4) is 0 Å². The van der Waals surface area contributed by atoms with Crippen LogP contribution in [0.15, 0.2) is 0 Å². The Morgan fingerprint density at radius 1 is 1.41 bits per heavy atom. The van der Waals surface area contributed by atoms with Gasteiger partial charge in [0.15, 0.2) is 0 Å². The Kier molecular flexibility index (Phi) is 6.57. The second-order valence-corrected chi connectivity index (χ2v) is 4.09.